The molecule has 632 valence electrons. The van der Waals surface area contributed by atoms with E-state index < -0.39 is 58.5 Å². The Labute approximate surface area is 686 Å². The Morgan fingerprint density at radius 1 is 0.248 bits per heavy atom. The van der Waals surface area contributed by atoms with Crippen LogP contribution in [0.1, 0.15) is 243 Å². The number of carbonyl (C=O) groups is 10. The smallest absolute Gasteiger partial charge is 0.419 e. The van der Waals surface area contributed by atoms with Gasteiger partial charge in [0.15, 0.2) is 0 Å². The molecule has 0 fully saturated rings. The summed E-state index contributed by atoms with van der Waals surface area (Å²) in [6, 6.07) is 37.5. The lowest BCUT2D eigenvalue weighted by molar-refractivity contribution is -0.145. The van der Waals surface area contributed by atoms with Crippen molar-refractivity contribution in [1.29, 1.82) is 0 Å². The predicted octanol–water partition coefficient (Wildman–Crippen LogP) is 22.1. The number of esters is 5. The average molecular weight is 1610 g/mol. The molecular formula is C92H119N5O20. The molecule has 5 aromatic carbocycles. The number of benzene rings is 5. The summed E-state index contributed by atoms with van der Waals surface area (Å²) in [5.74, 6) is -1.19. The Bertz CT molecular complexity index is 4900. The van der Waals surface area contributed by atoms with Crippen LogP contribution in [0.5, 0.6) is 0 Å². The number of hydrogen-bond donors (Lipinski definition) is 0. The number of rotatable bonds is 22. The van der Waals surface area contributed by atoms with Gasteiger partial charge in [0.2, 0.25) is 0 Å². The molecule has 0 aliphatic carbocycles. The van der Waals surface area contributed by atoms with Gasteiger partial charge in [0.1, 0.15) is 61.0 Å². The maximum Gasteiger partial charge on any atom is 0.419 e. The predicted molar refractivity (Wildman–Crippen MR) is 451 cm³/mol. The van der Waals surface area contributed by atoms with E-state index in [9.17, 15) is 47.9 Å². The summed E-state index contributed by atoms with van der Waals surface area (Å²) in [5.41, 5.74) is 4.77. The molecule has 10 aromatic rings. The molecule has 10 rings (SSSR count). The number of hydrogen-bond acceptors (Lipinski definition) is 20. The number of aromatic nitrogens is 5. The highest BCUT2D eigenvalue weighted by Gasteiger charge is 2.27. The number of unbranched alkanes of at least 4 members (excludes halogenated alkanes) is 4. The summed E-state index contributed by atoms with van der Waals surface area (Å²) < 4.78 is 60.8. The van der Waals surface area contributed by atoms with Gasteiger partial charge in [-0.15, -0.1) is 0 Å². The topological polar surface area (TPSA) is 288 Å². The molecule has 0 aliphatic heterocycles. The number of carbonyl (C=O) groups excluding carboxylic acids is 10. The van der Waals surface area contributed by atoms with E-state index >= 15 is 0 Å². The summed E-state index contributed by atoms with van der Waals surface area (Å²) >= 11 is 0. The monoisotopic (exact) mass is 1610 g/mol. The van der Waals surface area contributed by atoms with Crippen LogP contribution in [0.2, 0.25) is 0 Å². The quantitative estimate of drug-likeness (QED) is 0.0346. The third kappa shape index (κ3) is 30.3. The highest BCUT2D eigenvalue weighted by molar-refractivity contribution is 5.96. The van der Waals surface area contributed by atoms with E-state index in [1.165, 1.54) is 22.8 Å². The Morgan fingerprint density at radius 3 is 0.658 bits per heavy atom. The van der Waals surface area contributed by atoms with Crippen LogP contribution in [0.3, 0.4) is 0 Å². The molecule has 0 bridgehead atoms. The minimum atomic E-state index is -0.576. The van der Waals surface area contributed by atoms with Crippen molar-refractivity contribution in [2.24, 2.45) is 0 Å². The molecule has 0 unspecified atom stereocenters. The van der Waals surface area contributed by atoms with Crippen molar-refractivity contribution in [3.63, 3.8) is 0 Å². The van der Waals surface area contributed by atoms with Gasteiger partial charge in [0.05, 0.1) is 27.6 Å². The standard InChI is InChI=1S/C21H29NO4.C19H25NO4.C18H23NO4.2C17H21NO4/c1-5-6-7-8-13-19(23)25-15-16-14-22(20(24)26-21(2,3)4)18-12-10-9-11-17(16)18;1-5-6-11-17(21)23-13-14-12-20(18(22)24-19(2,3)4)16-10-8-7-9-15(14)16;1-5-8-16(20)22-12-13-11-19(17(21)23-18(2,3)4)15-10-7-6-9-14(13)15;2*1-5-15(19)21-11-12-10-18(16(20)22-17(2,3)4)14-9-7-6-8-13(12)14/h9-12,14H,5-8,13,15H2,1-4H3;7-10,12H,5-6,11,13H2,1-4H3;6-7,9-11H,5,8,12H2,1-4H3;2*6-10H,5,11H2,1-4H3. The number of nitrogens with zero attached hydrogens (tertiary/aromatic N) is 5. The minimum Gasteiger partial charge on any atom is -0.461 e. The van der Waals surface area contributed by atoms with Gasteiger partial charge in [0, 0.05) is 118 Å². The number of ether oxygens (including phenoxy) is 10. The molecular weight excluding hydrogens is 1500 g/mol. The summed E-state index contributed by atoms with van der Waals surface area (Å²) in [4.78, 5) is 120. The van der Waals surface area contributed by atoms with Crippen LogP contribution < -0.4 is 0 Å². The van der Waals surface area contributed by atoms with Crippen molar-refractivity contribution < 1.29 is 95.3 Å². The van der Waals surface area contributed by atoms with E-state index in [2.05, 4.69) is 6.92 Å². The first-order valence-corrected chi connectivity index (χ1v) is 40.0. The molecule has 0 amide bonds. The first-order chi connectivity index (χ1) is 55.1. The minimum absolute atomic E-state index is 0.142. The average Bonchev–Trinajstić information content (AvgIpc) is 1.67. The number of para-hydroxylation sites is 5. The summed E-state index contributed by atoms with van der Waals surface area (Å²) in [6.45, 7) is 37.7. The van der Waals surface area contributed by atoms with Crippen molar-refractivity contribution in [1.82, 2.24) is 22.8 Å². The van der Waals surface area contributed by atoms with Gasteiger partial charge in [-0.1, -0.05) is 151 Å². The van der Waals surface area contributed by atoms with E-state index in [4.69, 9.17) is 47.4 Å². The summed E-state index contributed by atoms with van der Waals surface area (Å²) in [7, 11) is 0. The van der Waals surface area contributed by atoms with Gasteiger partial charge >= 0.3 is 60.3 Å². The maximum atomic E-state index is 12.5. The molecule has 0 aliphatic rings. The first kappa shape index (κ1) is 94.4. The molecule has 25 heteroatoms. The van der Waals surface area contributed by atoms with E-state index in [0.29, 0.717) is 32.1 Å². The van der Waals surface area contributed by atoms with Crippen LogP contribution in [0, 0.1) is 0 Å². The van der Waals surface area contributed by atoms with Crippen molar-refractivity contribution >= 4 is 115 Å². The largest absolute Gasteiger partial charge is 0.461 e. The van der Waals surface area contributed by atoms with Gasteiger partial charge in [0.25, 0.3) is 0 Å². The Morgan fingerprint density at radius 2 is 0.453 bits per heavy atom. The Kier molecular flexibility index (Phi) is 35.0. The zero-order valence-corrected chi connectivity index (χ0v) is 71.9. The molecule has 0 saturated carbocycles. The fraction of sp³-hybridized carbons (Fsp3) is 0.457. The van der Waals surface area contributed by atoms with Crippen LogP contribution >= 0.6 is 0 Å². The maximum absolute atomic E-state index is 12.5. The van der Waals surface area contributed by atoms with Crippen molar-refractivity contribution in [2.75, 3.05) is 0 Å². The van der Waals surface area contributed by atoms with Gasteiger partial charge in [-0.25, -0.2) is 24.0 Å². The van der Waals surface area contributed by atoms with Crippen LogP contribution in [-0.4, -0.2) is 111 Å². The lowest BCUT2D eigenvalue weighted by atomic mass is 10.1. The summed E-state index contributed by atoms with van der Waals surface area (Å²) in [5, 5.41) is 4.39. The second-order valence-corrected chi connectivity index (χ2v) is 32.8. The Hall–Kier alpha value is -11.5. The highest BCUT2D eigenvalue weighted by Crippen LogP contribution is 2.30. The van der Waals surface area contributed by atoms with E-state index in [1.807, 2.05) is 239 Å². The molecule has 0 spiro atoms. The van der Waals surface area contributed by atoms with Crippen molar-refractivity contribution in [3.05, 3.63) is 180 Å². The van der Waals surface area contributed by atoms with Crippen LogP contribution in [-0.2, 0) is 104 Å². The zero-order valence-electron chi connectivity index (χ0n) is 71.9. The third-order valence-corrected chi connectivity index (χ3v) is 16.9. The molecule has 5 aromatic heterocycles. The van der Waals surface area contributed by atoms with Crippen molar-refractivity contribution in [3.8, 4) is 0 Å². The van der Waals surface area contributed by atoms with Gasteiger partial charge in [-0.2, -0.15) is 0 Å². The molecule has 117 heavy (non-hydrogen) atoms. The fourth-order valence-electron chi connectivity index (χ4n) is 11.6. The van der Waals surface area contributed by atoms with Crippen LogP contribution in [0.25, 0.3) is 54.5 Å². The molecule has 0 N–H and O–H groups in total. The van der Waals surface area contributed by atoms with E-state index in [0.717, 1.165) is 127 Å². The van der Waals surface area contributed by atoms with Gasteiger partial charge in [-0.3, -0.25) is 46.8 Å². The zero-order chi connectivity index (χ0) is 86.6. The SMILES string of the molecule is CCC(=O)OCc1cn(C(=O)OC(C)(C)C)c2ccccc12.CCC(=O)OCc1cn(C(=O)OC(C)(C)C)c2ccccc12.CCCC(=O)OCc1cn(C(=O)OC(C)(C)C)c2ccccc12.CCCCC(=O)OCc1cn(C(=O)OC(C)(C)C)c2ccccc12.CCCCCCC(=O)OCc1cn(C(=O)OC(C)(C)C)c2ccccc12. The third-order valence-electron chi connectivity index (χ3n) is 16.9. The van der Waals surface area contributed by atoms with Crippen molar-refractivity contribution in [2.45, 2.75) is 277 Å². The molecule has 0 atom stereocenters. The molecule has 5 heterocycles. The highest BCUT2D eigenvalue weighted by atomic mass is 16.6. The van der Waals surface area contributed by atoms with Gasteiger partial charge in [-0.05, 0) is 153 Å². The lowest BCUT2D eigenvalue weighted by Gasteiger charge is -2.19. The molecule has 0 saturated heterocycles. The Balaban J connectivity index is 0.000000227. The second-order valence-electron chi connectivity index (χ2n) is 32.8. The normalized spacial score (nSPS) is 11.5. The van der Waals surface area contributed by atoms with Crippen LogP contribution in [0.4, 0.5) is 24.0 Å². The first-order valence-electron chi connectivity index (χ1n) is 40.0. The fourth-order valence-corrected chi connectivity index (χ4v) is 11.6. The van der Waals surface area contributed by atoms with Gasteiger partial charge < -0.3 is 47.4 Å². The number of fused-ring (bicyclic) bond motifs is 5. The molecule has 0 radical (unpaired) electrons. The van der Waals surface area contributed by atoms with E-state index in [-0.39, 0.29) is 62.9 Å². The lowest BCUT2D eigenvalue weighted by Crippen LogP contribution is -2.26. The molecule has 25 nitrogen and oxygen atoms in total. The van der Waals surface area contributed by atoms with Crippen LogP contribution in [0.15, 0.2) is 152 Å². The van der Waals surface area contributed by atoms with E-state index in [1.54, 1.807) is 44.8 Å². The second kappa shape index (κ2) is 43.5. The summed E-state index contributed by atoms with van der Waals surface area (Å²) in [6.07, 6.45) is 14.8.